The number of aromatic nitrogens is 3. The summed E-state index contributed by atoms with van der Waals surface area (Å²) in [6.07, 6.45) is 0. The molecule has 0 aliphatic rings. The Labute approximate surface area is 240 Å². The fourth-order valence-electron chi connectivity index (χ4n) is 7.31. The van der Waals surface area contributed by atoms with E-state index in [4.69, 9.17) is 4.98 Å². The number of hydrogen-bond donors (Lipinski definition) is 0. The van der Waals surface area contributed by atoms with Gasteiger partial charge >= 0.3 is 0 Å². The molecule has 0 radical (unpaired) electrons. The molecule has 0 bridgehead atoms. The normalized spacial score (nSPS) is 12.3. The molecule has 3 heterocycles. The lowest BCUT2D eigenvalue weighted by Gasteiger charge is -2.13. The largest absolute Gasteiger partial charge is 0.293 e. The monoisotopic (exact) mass is 533 g/mol. The molecule has 7 aromatic carbocycles. The quantitative estimate of drug-likeness (QED) is 0.192. The van der Waals surface area contributed by atoms with Gasteiger partial charge in [-0.3, -0.25) is 8.97 Å². The van der Waals surface area contributed by atoms with Crippen molar-refractivity contribution in [1.29, 1.82) is 0 Å². The molecular formula is C39H23N3. The van der Waals surface area contributed by atoms with Gasteiger partial charge in [-0.1, -0.05) is 115 Å². The molecule has 10 rings (SSSR count). The summed E-state index contributed by atoms with van der Waals surface area (Å²) in [5, 5.41) is 12.5. The Morgan fingerprint density at radius 1 is 0.357 bits per heavy atom. The van der Waals surface area contributed by atoms with Crippen LogP contribution in [0, 0.1) is 0 Å². The second-order valence-corrected chi connectivity index (χ2v) is 11.2. The number of pyridine rings is 1. The van der Waals surface area contributed by atoms with Crippen LogP contribution in [0.3, 0.4) is 0 Å². The first kappa shape index (κ1) is 22.1. The number of para-hydroxylation sites is 2. The van der Waals surface area contributed by atoms with E-state index in [1.807, 2.05) is 0 Å². The Morgan fingerprint density at radius 3 is 1.50 bits per heavy atom. The molecule has 3 nitrogen and oxygen atoms in total. The first-order valence-corrected chi connectivity index (χ1v) is 14.4. The Kier molecular flexibility index (Phi) is 4.18. The molecule has 42 heavy (non-hydrogen) atoms. The minimum atomic E-state index is 0.974. The summed E-state index contributed by atoms with van der Waals surface area (Å²) in [4.78, 5) is 5.43. The highest BCUT2D eigenvalue weighted by molar-refractivity contribution is 6.26. The van der Waals surface area contributed by atoms with Crippen LogP contribution in [0.1, 0.15) is 0 Å². The molecule has 0 unspecified atom stereocenters. The van der Waals surface area contributed by atoms with Gasteiger partial charge in [0.05, 0.1) is 11.0 Å². The van der Waals surface area contributed by atoms with Crippen molar-refractivity contribution in [2.75, 3.05) is 0 Å². The Morgan fingerprint density at radius 2 is 0.833 bits per heavy atom. The van der Waals surface area contributed by atoms with Crippen LogP contribution in [0.5, 0.6) is 0 Å². The van der Waals surface area contributed by atoms with E-state index in [0.29, 0.717) is 0 Å². The van der Waals surface area contributed by atoms with Gasteiger partial charge in [0.15, 0.2) is 5.65 Å². The van der Waals surface area contributed by atoms with Gasteiger partial charge in [-0.15, -0.1) is 0 Å². The fourth-order valence-corrected chi connectivity index (χ4v) is 7.31. The SMILES string of the molecule is c1ccc2c(c1)c1ccccc1c1cc(-n3c4ccccc4c4c3nc3c5ccccc5c5ccccc5n34)ccc21. The number of imidazole rings is 1. The lowest BCUT2D eigenvalue weighted by molar-refractivity contribution is 1.16. The third kappa shape index (κ3) is 2.72. The number of nitrogens with zero attached hydrogens (tertiary/aromatic N) is 3. The molecule has 0 N–H and O–H groups in total. The first-order chi connectivity index (χ1) is 20.9. The van der Waals surface area contributed by atoms with E-state index in [1.165, 1.54) is 59.4 Å². The van der Waals surface area contributed by atoms with Gasteiger partial charge in [-0.2, -0.15) is 0 Å². The van der Waals surface area contributed by atoms with E-state index < -0.39 is 0 Å². The van der Waals surface area contributed by atoms with E-state index in [-0.39, 0.29) is 0 Å². The minimum Gasteiger partial charge on any atom is -0.293 e. The number of rotatable bonds is 1. The van der Waals surface area contributed by atoms with Crippen molar-refractivity contribution in [3.05, 3.63) is 140 Å². The van der Waals surface area contributed by atoms with Crippen LogP contribution in [-0.4, -0.2) is 14.0 Å². The van der Waals surface area contributed by atoms with Crippen molar-refractivity contribution in [3.8, 4) is 5.69 Å². The molecule has 194 valence electrons. The van der Waals surface area contributed by atoms with Crippen molar-refractivity contribution < 1.29 is 0 Å². The zero-order valence-corrected chi connectivity index (χ0v) is 22.6. The second-order valence-electron chi connectivity index (χ2n) is 11.2. The van der Waals surface area contributed by atoms with Crippen molar-refractivity contribution in [1.82, 2.24) is 14.0 Å². The van der Waals surface area contributed by atoms with E-state index in [9.17, 15) is 0 Å². The minimum absolute atomic E-state index is 0.974. The standard InChI is InChI=1S/C39H23N3/c1-2-13-27-25(11-1)26-12-3-4-14-28(26)34-23-24(21-22-30(27)34)41-36-20-10-8-18-33(36)37-39(41)40-38-32-17-6-5-15-29(32)31-16-7-9-19-35(31)42(37)38/h1-23H. The van der Waals surface area contributed by atoms with Crippen LogP contribution in [0.15, 0.2) is 140 Å². The highest BCUT2D eigenvalue weighted by Crippen LogP contribution is 2.40. The molecule has 0 saturated carbocycles. The molecule has 3 aromatic heterocycles. The van der Waals surface area contributed by atoms with Crippen molar-refractivity contribution in [3.63, 3.8) is 0 Å². The summed E-state index contributed by atoms with van der Waals surface area (Å²) >= 11 is 0. The molecule has 0 amide bonds. The average molecular weight is 534 g/mol. The summed E-state index contributed by atoms with van der Waals surface area (Å²) in [5.74, 6) is 0. The Balaban J connectivity index is 1.40. The van der Waals surface area contributed by atoms with Gasteiger partial charge in [0.1, 0.15) is 11.2 Å². The molecule has 0 fully saturated rings. The highest BCUT2D eigenvalue weighted by Gasteiger charge is 2.21. The lowest BCUT2D eigenvalue weighted by atomic mass is 9.94. The second kappa shape index (κ2) is 7.96. The lowest BCUT2D eigenvalue weighted by Crippen LogP contribution is -1.95. The van der Waals surface area contributed by atoms with Crippen LogP contribution in [0.25, 0.3) is 87.4 Å². The van der Waals surface area contributed by atoms with Crippen LogP contribution in [-0.2, 0) is 0 Å². The molecule has 10 aromatic rings. The maximum Gasteiger partial charge on any atom is 0.165 e. The maximum atomic E-state index is 5.43. The van der Waals surface area contributed by atoms with E-state index in [2.05, 4.69) is 148 Å². The van der Waals surface area contributed by atoms with Gasteiger partial charge in [0.25, 0.3) is 0 Å². The molecule has 0 aliphatic carbocycles. The number of benzene rings is 7. The maximum absolute atomic E-state index is 5.43. The zero-order valence-electron chi connectivity index (χ0n) is 22.6. The molecule has 0 atom stereocenters. The van der Waals surface area contributed by atoms with Crippen molar-refractivity contribution in [2.24, 2.45) is 0 Å². The third-order valence-electron chi connectivity index (χ3n) is 9.06. The molecule has 0 aliphatic heterocycles. The average Bonchev–Trinajstić information content (AvgIpc) is 3.60. The van der Waals surface area contributed by atoms with Gasteiger partial charge in [0, 0.05) is 21.8 Å². The number of fused-ring (bicyclic) bond motifs is 16. The van der Waals surface area contributed by atoms with Crippen molar-refractivity contribution in [2.45, 2.75) is 0 Å². The Bertz CT molecular complexity index is 2710. The van der Waals surface area contributed by atoms with Gasteiger partial charge in [0.2, 0.25) is 0 Å². The highest BCUT2D eigenvalue weighted by atomic mass is 15.1. The van der Waals surface area contributed by atoms with E-state index in [1.54, 1.807) is 0 Å². The molecule has 3 heteroatoms. The van der Waals surface area contributed by atoms with Gasteiger partial charge < -0.3 is 0 Å². The predicted octanol–water partition coefficient (Wildman–Crippen LogP) is 10.2. The molecule has 0 saturated heterocycles. The summed E-state index contributed by atoms with van der Waals surface area (Å²) < 4.78 is 4.72. The van der Waals surface area contributed by atoms with Crippen LogP contribution in [0.2, 0.25) is 0 Å². The summed E-state index contributed by atoms with van der Waals surface area (Å²) in [7, 11) is 0. The predicted molar refractivity (Wildman–Crippen MR) is 177 cm³/mol. The number of hydrogen-bond acceptors (Lipinski definition) is 1. The smallest absolute Gasteiger partial charge is 0.165 e. The van der Waals surface area contributed by atoms with Gasteiger partial charge in [-0.05, 0) is 62.0 Å². The van der Waals surface area contributed by atoms with Crippen LogP contribution < -0.4 is 0 Å². The summed E-state index contributed by atoms with van der Waals surface area (Å²) in [5.41, 5.74) is 6.56. The van der Waals surface area contributed by atoms with Gasteiger partial charge in [-0.25, -0.2) is 4.98 Å². The first-order valence-electron chi connectivity index (χ1n) is 14.4. The zero-order chi connectivity index (χ0) is 27.4. The van der Waals surface area contributed by atoms with Crippen LogP contribution >= 0.6 is 0 Å². The van der Waals surface area contributed by atoms with Crippen molar-refractivity contribution >= 4 is 81.7 Å². The molecular weight excluding hydrogens is 510 g/mol. The Hall–Kier alpha value is -5.67. The third-order valence-corrected chi connectivity index (χ3v) is 9.06. The van der Waals surface area contributed by atoms with E-state index in [0.717, 1.165) is 28.0 Å². The molecule has 0 spiro atoms. The summed E-state index contributed by atoms with van der Waals surface area (Å²) in [6.45, 7) is 0. The van der Waals surface area contributed by atoms with Crippen LogP contribution in [0.4, 0.5) is 0 Å². The van der Waals surface area contributed by atoms with E-state index >= 15 is 0 Å². The summed E-state index contributed by atoms with van der Waals surface area (Å²) in [6, 6.07) is 50.5. The topological polar surface area (TPSA) is 22.2 Å². The fraction of sp³-hybridized carbons (Fsp3) is 0.